The van der Waals surface area contributed by atoms with E-state index in [1.54, 1.807) is 0 Å². The lowest BCUT2D eigenvalue weighted by Crippen LogP contribution is -2.35. The molecule has 88 valence electrons. The zero-order valence-electron chi connectivity index (χ0n) is 8.93. The SMILES string of the molecule is Fc1ccc(F)c(CN2CCCC(Br)C2)c1. The molecule has 1 aliphatic heterocycles. The van der Waals surface area contributed by atoms with Gasteiger partial charge in [0.25, 0.3) is 0 Å². The van der Waals surface area contributed by atoms with Crippen molar-refractivity contribution in [3.8, 4) is 0 Å². The second-order valence-electron chi connectivity index (χ2n) is 4.21. The predicted molar refractivity (Wildman–Crippen MR) is 63.6 cm³/mol. The number of piperidine rings is 1. The number of hydrogen-bond acceptors (Lipinski definition) is 1. The maximum Gasteiger partial charge on any atom is 0.127 e. The van der Waals surface area contributed by atoms with Crippen molar-refractivity contribution in [3.63, 3.8) is 0 Å². The van der Waals surface area contributed by atoms with Gasteiger partial charge in [0.1, 0.15) is 11.6 Å². The van der Waals surface area contributed by atoms with Crippen LogP contribution in [0.1, 0.15) is 18.4 Å². The quantitative estimate of drug-likeness (QED) is 0.755. The minimum atomic E-state index is -0.371. The molecule has 1 heterocycles. The van der Waals surface area contributed by atoms with Crippen LogP contribution in [0.3, 0.4) is 0 Å². The topological polar surface area (TPSA) is 3.24 Å². The summed E-state index contributed by atoms with van der Waals surface area (Å²) in [5.74, 6) is -0.693. The highest BCUT2D eigenvalue weighted by Crippen LogP contribution is 2.20. The van der Waals surface area contributed by atoms with Gasteiger partial charge in [0.05, 0.1) is 0 Å². The van der Waals surface area contributed by atoms with Crippen LogP contribution in [0.15, 0.2) is 18.2 Å². The first-order valence-electron chi connectivity index (χ1n) is 5.45. The summed E-state index contributed by atoms with van der Waals surface area (Å²) >= 11 is 3.57. The number of alkyl halides is 1. The number of nitrogens with zero attached hydrogens (tertiary/aromatic N) is 1. The van der Waals surface area contributed by atoms with Gasteiger partial charge in [-0.15, -0.1) is 0 Å². The Labute approximate surface area is 103 Å². The summed E-state index contributed by atoms with van der Waals surface area (Å²) in [6.45, 7) is 2.35. The first-order valence-corrected chi connectivity index (χ1v) is 6.37. The Morgan fingerprint density at radius 1 is 1.38 bits per heavy atom. The molecule has 16 heavy (non-hydrogen) atoms. The summed E-state index contributed by atoms with van der Waals surface area (Å²) in [5.41, 5.74) is 0.446. The fraction of sp³-hybridized carbons (Fsp3) is 0.500. The molecule has 1 saturated heterocycles. The summed E-state index contributed by atoms with van der Waals surface area (Å²) in [6.07, 6.45) is 2.26. The lowest BCUT2D eigenvalue weighted by Gasteiger charge is -2.29. The first kappa shape index (κ1) is 12.0. The highest BCUT2D eigenvalue weighted by Gasteiger charge is 2.18. The van der Waals surface area contributed by atoms with Gasteiger partial charge in [0, 0.05) is 23.5 Å². The van der Waals surface area contributed by atoms with Gasteiger partial charge >= 0.3 is 0 Å². The summed E-state index contributed by atoms with van der Waals surface area (Å²) in [4.78, 5) is 2.62. The molecule has 0 bridgehead atoms. The van der Waals surface area contributed by atoms with Crippen molar-refractivity contribution in [2.45, 2.75) is 24.2 Å². The molecule has 0 amide bonds. The Hall–Kier alpha value is -0.480. The van der Waals surface area contributed by atoms with Gasteiger partial charge in [0.15, 0.2) is 0 Å². The molecule has 1 aliphatic rings. The number of likely N-dealkylation sites (tertiary alicyclic amines) is 1. The molecule has 1 atom stereocenters. The van der Waals surface area contributed by atoms with E-state index in [-0.39, 0.29) is 11.6 Å². The van der Waals surface area contributed by atoms with Gasteiger partial charge in [-0.2, -0.15) is 0 Å². The summed E-state index contributed by atoms with van der Waals surface area (Å²) in [5, 5.41) is 0. The lowest BCUT2D eigenvalue weighted by atomic mass is 10.1. The fourth-order valence-corrected chi connectivity index (χ4v) is 2.78. The monoisotopic (exact) mass is 289 g/mol. The first-order chi connectivity index (χ1) is 7.65. The van der Waals surface area contributed by atoms with Crippen LogP contribution in [0.5, 0.6) is 0 Å². The van der Waals surface area contributed by atoms with Crippen molar-refractivity contribution >= 4 is 15.9 Å². The largest absolute Gasteiger partial charge is 0.298 e. The summed E-state index contributed by atoms with van der Waals surface area (Å²) in [6, 6.07) is 3.63. The molecule has 1 aromatic rings. The molecule has 0 radical (unpaired) electrons. The number of halogens is 3. The minimum absolute atomic E-state index is 0.321. The van der Waals surface area contributed by atoms with Gasteiger partial charge < -0.3 is 0 Å². The van der Waals surface area contributed by atoms with Gasteiger partial charge in [-0.05, 0) is 37.6 Å². The Morgan fingerprint density at radius 3 is 2.94 bits per heavy atom. The Kier molecular flexibility index (Phi) is 3.92. The Morgan fingerprint density at radius 2 is 2.19 bits per heavy atom. The van der Waals surface area contributed by atoms with E-state index in [9.17, 15) is 8.78 Å². The zero-order valence-corrected chi connectivity index (χ0v) is 10.5. The number of rotatable bonds is 2. The van der Waals surface area contributed by atoms with E-state index in [1.807, 2.05) is 0 Å². The standard InChI is InChI=1S/C12H14BrF2N/c13-10-2-1-5-16(8-10)7-9-6-11(14)3-4-12(9)15/h3-4,6,10H,1-2,5,7-8H2. The average Bonchev–Trinajstić information content (AvgIpc) is 2.24. The minimum Gasteiger partial charge on any atom is -0.298 e. The molecule has 4 heteroatoms. The van der Waals surface area contributed by atoms with Crippen LogP contribution in [0, 0.1) is 11.6 Å². The maximum atomic E-state index is 13.4. The van der Waals surface area contributed by atoms with Crippen LogP contribution in [0.2, 0.25) is 0 Å². The van der Waals surface area contributed by atoms with E-state index >= 15 is 0 Å². The molecule has 1 unspecified atom stereocenters. The van der Waals surface area contributed by atoms with Crippen LogP contribution in [-0.2, 0) is 6.54 Å². The van der Waals surface area contributed by atoms with E-state index in [1.165, 1.54) is 12.1 Å². The van der Waals surface area contributed by atoms with Crippen molar-refractivity contribution in [2.75, 3.05) is 13.1 Å². The van der Waals surface area contributed by atoms with Crippen molar-refractivity contribution in [1.82, 2.24) is 4.90 Å². The third-order valence-electron chi connectivity index (χ3n) is 2.85. The van der Waals surface area contributed by atoms with Crippen LogP contribution >= 0.6 is 15.9 Å². The van der Waals surface area contributed by atoms with Crippen LogP contribution in [0.4, 0.5) is 8.78 Å². The van der Waals surface area contributed by atoms with E-state index < -0.39 is 0 Å². The van der Waals surface area contributed by atoms with E-state index in [0.29, 0.717) is 16.9 Å². The summed E-state index contributed by atoms with van der Waals surface area (Å²) in [7, 11) is 0. The molecule has 0 aliphatic carbocycles. The summed E-state index contributed by atoms with van der Waals surface area (Å²) < 4.78 is 26.4. The van der Waals surface area contributed by atoms with Crippen molar-refractivity contribution < 1.29 is 8.78 Å². The highest BCUT2D eigenvalue weighted by molar-refractivity contribution is 9.09. The zero-order chi connectivity index (χ0) is 11.5. The van der Waals surface area contributed by atoms with Gasteiger partial charge in [-0.3, -0.25) is 4.90 Å². The van der Waals surface area contributed by atoms with Gasteiger partial charge in [-0.1, -0.05) is 15.9 Å². The van der Waals surface area contributed by atoms with E-state index in [2.05, 4.69) is 20.8 Å². The normalized spacial score (nSPS) is 22.3. The van der Waals surface area contributed by atoms with Crippen LogP contribution in [0.25, 0.3) is 0 Å². The van der Waals surface area contributed by atoms with Gasteiger partial charge in [-0.25, -0.2) is 8.78 Å². The average molecular weight is 290 g/mol. The molecule has 0 N–H and O–H groups in total. The molecule has 0 saturated carbocycles. The van der Waals surface area contributed by atoms with Crippen LogP contribution < -0.4 is 0 Å². The molecular weight excluding hydrogens is 276 g/mol. The van der Waals surface area contributed by atoms with Gasteiger partial charge in [0.2, 0.25) is 0 Å². The molecule has 1 fully saturated rings. The Balaban J connectivity index is 2.05. The maximum absolute atomic E-state index is 13.4. The fourth-order valence-electron chi connectivity index (χ4n) is 2.05. The third kappa shape index (κ3) is 3.01. The van der Waals surface area contributed by atoms with Crippen molar-refractivity contribution in [1.29, 1.82) is 0 Å². The molecule has 1 nitrogen and oxygen atoms in total. The number of hydrogen-bond donors (Lipinski definition) is 0. The van der Waals surface area contributed by atoms with Crippen molar-refractivity contribution in [2.24, 2.45) is 0 Å². The smallest absolute Gasteiger partial charge is 0.127 e. The van der Waals surface area contributed by atoms with E-state index in [0.717, 1.165) is 32.0 Å². The third-order valence-corrected chi connectivity index (χ3v) is 3.60. The predicted octanol–water partition coefficient (Wildman–Crippen LogP) is 3.32. The molecule has 0 aromatic heterocycles. The Bertz CT molecular complexity index is 370. The highest BCUT2D eigenvalue weighted by atomic mass is 79.9. The molecule has 1 aromatic carbocycles. The van der Waals surface area contributed by atoms with Crippen molar-refractivity contribution in [3.05, 3.63) is 35.4 Å². The van der Waals surface area contributed by atoms with Crippen LogP contribution in [-0.4, -0.2) is 22.8 Å². The second kappa shape index (κ2) is 5.23. The number of benzene rings is 1. The lowest BCUT2D eigenvalue weighted by molar-refractivity contribution is 0.225. The molecule has 0 spiro atoms. The van der Waals surface area contributed by atoms with E-state index in [4.69, 9.17) is 0 Å². The second-order valence-corrected chi connectivity index (χ2v) is 5.51. The molecular formula is C12H14BrF2N. The molecule has 2 rings (SSSR count).